The molecule has 0 aromatic rings. The standard InChI is InChI=1S/C14H27N3O3S/c1-21(19,20)17-8-6-16(7-9-17)14(18)10-12-2-4-13(11-15)5-3-12/h12-13H,2-11,15H2,1H3. The summed E-state index contributed by atoms with van der Waals surface area (Å²) < 4.78 is 24.4. The fourth-order valence-corrected chi connectivity index (χ4v) is 4.14. The maximum atomic E-state index is 12.3. The summed E-state index contributed by atoms with van der Waals surface area (Å²) in [6.07, 6.45) is 6.29. The molecule has 0 aromatic carbocycles. The van der Waals surface area contributed by atoms with Gasteiger partial charge < -0.3 is 10.6 Å². The Morgan fingerprint density at radius 1 is 1.05 bits per heavy atom. The van der Waals surface area contributed by atoms with Gasteiger partial charge in [0.25, 0.3) is 0 Å². The number of carbonyl (C=O) groups excluding carboxylic acids is 1. The second-order valence-electron chi connectivity index (χ2n) is 6.37. The lowest BCUT2D eigenvalue weighted by molar-refractivity contribution is -0.133. The molecule has 1 heterocycles. The Bertz CT molecular complexity index is 450. The Morgan fingerprint density at radius 2 is 1.57 bits per heavy atom. The first kappa shape index (κ1) is 16.7. The van der Waals surface area contributed by atoms with Crippen LogP contribution in [0.15, 0.2) is 0 Å². The third kappa shape index (κ3) is 4.66. The van der Waals surface area contributed by atoms with Crippen LogP contribution in [0, 0.1) is 11.8 Å². The predicted octanol–water partition coefficient (Wildman–Crippen LogP) is 0.245. The van der Waals surface area contributed by atoms with Crippen molar-refractivity contribution >= 4 is 15.9 Å². The van der Waals surface area contributed by atoms with Crippen LogP contribution in [0.1, 0.15) is 32.1 Å². The highest BCUT2D eigenvalue weighted by molar-refractivity contribution is 7.88. The second-order valence-corrected chi connectivity index (χ2v) is 8.35. The molecule has 1 aliphatic heterocycles. The zero-order valence-electron chi connectivity index (χ0n) is 12.8. The molecule has 7 heteroatoms. The summed E-state index contributed by atoms with van der Waals surface area (Å²) in [6, 6.07) is 0. The van der Waals surface area contributed by atoms with Crippen molar-refractivity contribution in [3.05, 3.63) is 0 Å². The molecule has 2 N–H and O–H groups in total. The maximum absolute atomic E-state index is 12.3. The normalized spacial score (nSPS) is 28.6. The lowest BCUT2D eigenvalue weighted by Gasteiger charge is -2.35. The van der Waals surface area contributed by atoms with Crippen molar-refractivity contribution in [2.75, 3.05) is 39.0 Å². The number of nitrogens with two attached hydrogens (primary N) is 1. The quantitative estimate of drug-likeness (QED) is 0.805. The van der Waals surface area contributed by atoms with Crippen LogP contribution in [-0.2, 0) is 14.8 Å². The zero-order chi connectivity index (χ0) is 15.5. The molecule has 1 aliphatic carbocycles. The molecular formula is C14H27N3O3S. The highest BCUT2D eigenvalue weighted by Gasteiger charge is 2.28. The van der Waals surface area contributed by atoms with E-state index in [-0.39, 0.29) is 5.91 Å². The molecule has 2 rings (SSSR count). The van der Waals surface area contributed by atoms with E-state index < -0.39 is 10.0 Å². The minimum Gasteiger partial charge on any atom is -0.340 e. The van der Waals surface area contributed by atoms with Gasteiger partial charge in [-0.05, 0) is 44.1 Å². The molecule has 1 saturated carbocycles. The van der Waals surface area contributed by atoms with Gasteiger partial charge in [0.15, 0.2) is 0 Å². The van der Waals surface area contributed by atoms with E-state index in [1.807, 2.05) is 4.90 Å². The fourth-order valence-electron chi connectivity index (χ4n) is 3.32. The fraction of sp³-hybridized carbons (Fsp3) is 0.929. The molecular weight excluding hydrogens is 290 g/mol. The van der Waals surface area contributed by atoms with Crippen LogP contribution in [0.2, 0.25) is 0 Å². The van der Waals surface area contributed by atoms with Crippen molar-refractivity contribution in [3.63, 3.8) is 0 Å². The molecule has 122 valence electrons. The van der Waals surface area contributed by atoms with Crippen molar-refractivity contribution in [2.45, 2.75) is 32.1 Å². The molecule has 2 fully saturated rings. The van der Waals surface area contributed by atoms with Gasteiger partial charge in [0.05, 0.1) is 6.26 Å². The summed E-state index contributed by atoms with van der Waals surface area (Å²) in [5.74, 6) is 1.29. The molecule has 0 aromatic heterocycles. The number of nitrogens with zero attached hydrogens (tertiary/aromatic N) is 2. The third-order valence-corrected chi connectivity index (χ3v) is 6.13. The van der Waals surface area contributed by atoms with Crippen LogP contribution in [0.25, 0.3) is 0 Å². The van der Waals surface area contributed by atoms with E-state index in [0.717, 1.165) is 32.2 Å². The van der Waals surface area contributed by atoms with E-state index in [1.165, 1.54) is 10.6 Å². The van der Waals surface area contributed by atoms with Gasteiger partial charge in [-0.15, -0.1) is 0 Å². The maximum Gasteiger partial charge on any atom is 0.222 e. The SMILES string of the molecule is CS(=O)(=O)N1CCN(C(=O)CC2CCC(CN)CC2)CC1. The van der Waals surface area contributed by atoms with Gasteiger partial charge in [-0.1, -0.05) is 0 Å². The third-order valence-electron chi connectivity index (χ3n) is 4.82. The van der Waals surface area contributed by atoms with Gasteiger partial charge in [-0.2, -0.15) is 4.31 Å². The number of amides is 1. The van der Waals surface area contributed by atoms with E-state index in [1.54, 1.807) is 0 Å². The average Bonchev–Trinajstić information content (AvgIpc) is 2.47. The van der Waals surface area contributed by atoms with E-state index in [9.17, 15) is 13.2 Å². The van der Waals surface area contributed by atoms with Crippen molar-refractivity contribution in [2.24, 2.45) is 17.6 Å². The van der Waals surface area contributed by atoms with E-state index in [0.29, 0.717) is 44.4 Å². The minimum absolute atomic E-state index is 0.180. The van der Waals surface area contributed by atoms with Crippen LogP contribution in [-0.4, -0.2) is 62.5 Å². The first-order valence-electron chi connectivity index (χ1n) is 7.83. The lowest BCUT2D eigenvalue weighted by Crippen LogP contribution is -2.50. The summed E-state index contributed by atoms with van der Waals surface area (Å²) in [5.41, 5.74) is 5.69. The molecule has 2 aliphatic rings. The number of hydrogen-bond donors (Lipinski definition) is 1. The molecule has 0 atom stereocenters. The van der Waals surface area contributed by atoms with Crippen LogP contribution < -0.4 is 5.73 Å². The first-order chi connectivity index (χ1) is 9.90. The summed E-state index contributed by atoms with van der Waals surface area (Å²) in [5, 5.41) is 0. The number of sulfonamides is 1. The highest BCUT2D eigenvalue weighted by Crippen LogP contribution is 2.30. The minimum atomic E-state index is -3.13. The van der Waals surface area contributed by atoms with E-state index in [2.05, 4.69) is 0 Å². The molecule has 1 amide bonds. The number of piperazine rings is 1. The van der Waals surface area contributed by atoms with Crippen molar-refractivity contribution in [1.29, 1.82) is 0 Å². The Kier molecular flexibility index (Phi) is 5.62. The van der Waals surface area contributed by atoms with Gasteiger partial charge in [0, 0.05) is 32.6 Å². The van der Waals surface area contributed by atoms with E-state index in [4.69, 9.17) is 5.73 Å². The van der Waals surface area contributed by atoms with Crippen LogP contribution >= 0.6 is 0 Å². The molecule has 21 heavy (non-hydrogen) atoms. The monoisotopic (exact) mass is 317 g/mol. The number of rotatable bonds is 4. The largest absolute Gasteiger partial charge is 0.340 e. The summed E-state index contributed by atoms with van der Waals surface area (Å²) in [4.78, 5) is 14.1. The van der Waals surface area contributed by atoms with E-state index >= 15 is 0 Å². The number of carbonyl (C=O) groups is 1. The van der Waals surface area contributed by atoms with Crippen LogP contribution in [0.3, 0.4) is 0 Å². The first-order valence-corrected chi connectivity index (χ1v) is 9.68. The highest BCUT2D eigenvalue weighted by atomic mass is 32.2. The average molecular weight is 317 g/mol. The summed E-state index contributed by atoms with van der Waals surface area (Å²) in [6.45, 7) is 2.64. The Morgan fingerprint density at radius 3 is 2.05 bits per heavy atom. The van der Waals surface area contributed by atoms with Gasteiger partial charge in [-0.25, -0.2) is 8.42 Å². The van der Waals surface area contributed by atoms with Crippen molar-refractivity contribution in [3.8, 4) is 0 Å². The van der Waals surface area contributed by atoms with Crippen LogP contribution in [0.5, 0.6) is 0 Å². The van der Waals surface area contributed by atoms with Gasteiger partial charge in [0.2, 0.25) is 15.9 Å². The molecule has 0 spiro atoms. The lowest BCUT2D eigenvalue weighted by atomic mass is 9.80. The predicted molar refractivity (Wildman–Crippen MR) is 82.1 cm³/mol. The topological polar surface area (TPSA) is 83.7 Å². The molecule has 1 saturated heterocycles. The molecule has 0 bridgehead atoms. The molecule has 0 radical (unpaired) electrons. The van der Waals surface area contributed by atoms with Gasteiger partial charge in [-0.3, -0.25) is 4.79 Å². The Hall–Kier alpha value is -0.660. The van der Waals surface area contributed by atoms with Gasteiger partial charge in [0.1, 0.15) is 0 Å². The molecule has 0 unspecified atom stereocenters. The van der Waals surface area contributed by atoms with Crippen LogP contribution in [0.4, 0.5) is 0 Å². The van der Waals surface area contributed by atoms with Crippen molar-refractivity contribution < 1.29 is 13.2 Å². The molecule has 6 nitrogen and oxygen atoms in total. The van der Waals surface area contributed by atoms with Crippen molar-refractivity contribution in [1.82, 2.24) is 9.21 Å². The second kappa shape index (κ2) is 7.07. The van der Waals surface area contributed by atoms with Gasteiger partial charge >= 0.3 is 0 Å². The number of hydrogen-bond acceptors (Lipinski definition) is 4. The summed E-state index contributed by atoms with van der Waals surface area (Å²) in [7, 11) is -3.13. The summed E-state index contributed by atoms with van der Waals surface area (Å²) >= 11 is 0. The Labute approximate surface area is 127 Å². The zero-order valence-corrected chi connectivity index (χ0v) is 13.6. The smallest absolute Gasteiger partial charge is 0.222 e. The Balaban J connectivity index is 1.75.